The topological polar surface area (TPSA) is 129 Å². The summed E-state index contributed by atoms with van der Waals surface area (Å²) in [5.74, 6) is 1.04. The van der Waals surface area contributed by atoms with Gasteiger partial charge < -0.3 is 15.0 Å². The number of ether oxygens (including phenoxy) is 1. The Morgan fingerprint density at radius 1 is 1.15 bits per heavy atom. The van der Waals surface area contributed by atoms with Crippen LogP contribution in [-0.2, 0) is 9.53 Å². The zero-order chi connectivity index (χ0) is 22.8. The van der Waals surface area contributed by atoms with E-state index in [-0.39, 0.29) is 29.8 Å². The Bertz CT molecular complexity index is 1120. The second-order valence-corrected chi connectivity index (χ2v) is 8.60. The van der Waals surface area contributed by atoms with Gasteiger partial charge in [-0.3, -0.25) is 19.8 Å². The Morgan fingerprint density at radius 3 is 2.67 bits per heavy atom. The number of H-pyrrole nitrogens is 2. The molecule has 3 aromatic rings. The number of carbonyl (C=O) groups is 2. The lowest BCUT2D eigenvalue weighted by molar-refractivity contribution is -0.128. The fourth-order valence-corrected chi connectivity index (χ4v) is 4.63. The zero-order valence-corrected chi connectivity index (χ0v) is 18.5. The summed E-state index contributed by atoms with van der Waals surface area (Å²) in [4.78, 5) is 32.7. The minimum absolute atomic E-state index is 0.0239. The molecule has 2 saturated heterocycles. The number of amides is 2. The quantitative estimate of drug-likeness (QED) is 0.546. The standard InChI is InChI=1S/C23H27N7O3/c1-14-25-21(29-27-14)19-11-17(26-22(31)16-7-9-33-10-8-16)13-30(19)23(32)18-12-24-28-20(18)15-5-3-2-4-6-15/h2-6,12,16-17,19H,7-11,13H2,1H3,(H,24,28)(H,26,31)(H,25,27,29)/t17-,19-/m0/s1. The van der Waals surface area contributed by atoms with E-state index in [1.165, 1.54) is 0 Å². The second-order valence-electron chi connectivity index (χ2n) is 8.60. The summed E-state index contributed by atoms with van der Waals surface area (Å²) in [7, 11) is 0. The van der Waals surface area contributed by atoms with Crippen LogP contribution in [0.5, 0.6) is 0 Å². The normalized spacial score (nSPS) is 21.3. The Labute approximate surface area is 191 Å². The lowest BCUT2D eigenvalue weighted by Gasteiger charge is -2.24. The van der Waals surface area contributed by atoms with Crippen molar-refractivity contribution in [1.82, 2.24) is 35.6 Å². The number of likely N-dealkylation sites (tertiary alicyclic amines) is 1. The predicted octanol–water partition coefficient (Wildman–Crippen LogP) is 2.00. The first-order chi connectivity index (χ1) is 16.1. The fourth-order valence-electron chi connectivity index (χ4n) is 4.63. The average molecular weight is 450 g/mol. The van der Waals surface area contributed by atoms with Crippen LogP contribution >= 0.6 is 0 Å². The van der Waals surface area contributed by atoms with E-state index in [0.717, 1.165) is 18.4 Å². The summed E-state index contributed by atoms with van der Waals surface area (Å²) in [6.07, 6.45) is 3.55. The third-order valence-corrected chi connectivity index (χ3v) is 6.35. The van der Waals surface area contributed by atoms with Gasteiger partial charge in [0.2, 0.25) is 5.91 Å². The molecule has 0 saturated carbocycles. The molecule has 2 amide bonds. The number of aromatic amines is 2. The molecule has 3 N–H and O–H groups in total. The van der Waals surface area contributed by atoms with Crippen molar-refractivity contribution in [1.29, 1.82) is 0 Å². The van der Waals surface area contributed by atoms with E-state index in [2.05, 4.69) is 30.7 Å². The first kappa shape index (κ1) is 21.3. The van der Waals surface area contributed by atoms with Crippen LogP contribution in [0.4, 0.5) is 0 Å². The molecule has 2 aliphatic rings. The molecule has 2 atom stereocenters. The second kappa shape index (κ2) is 9.14. The average Bonchev–Trinajstić information content (AvgIpc) is 3.59. The van der Waals surface area contributed by atoms with E-state index in [4.69, 9.17) is 4.74 Å². The number of nitrogens with zero attached hydrogens (tertiary/aromatic N) is 4. The van der Waals surface area contributed by atoms with Gasteiger partial charge in [-0.15, -0.1) is 0 Å². The lowest BCUT2D eigenvalue weighted by Crippen LogP contribution is -2.42. The van der Waals surface area contributed by atoms with Crippen LogP contribution in [0.3, 0.4) is 0 Å². The Kier molecular flexibility index (Phi) is 5.91. The Balaban J connectivity index is 1.39. The molecule has 0 aliphatic carbocycles. The van der Waals surface area contributed by atoms with Gasteiger partial charge in [0.1, 0.15) is 5.82 Å². The van der Waals surface area contributed by atoms with Crippen LogP contribution in [0, 0.1) is 12.8 Å². The molecule has 10 nitrogen and oxygen atoms in total. The van der Waals surface area contributed by atoms with Crippen LogP contribution in [0.2, 0.25) is 0 Å². The highest BCUT2D eigenvalue weighted by Gasteiger charge is 2.41. The Hall–Kier alpha value is -3.53. The number of hydrogen-bond acceptors (Lipinski definition) is 6. The van der Waals surface area contributed by atoms with E-state index in [1.807, 2.05) is 37.3 Å². The van der Waals surface area contributed by atoms with Gasteiger partial charge in [-0.2, -0.15) is 10.2 Å². The fraction of sp³-hybridized carbons (Fsp3) is 0.435. The molecule has 5 rings (SSSR count). The first-order valence-electron chi connectivity index (χ1n) is 11.3. The van der Waals surface area contributed by atoms with E-state index in [0.29, 0.717) is 49.1 Å². The van der Waals surface area contributed by atoms with Crippen molar-refractivity contribution in [2.24, 2.45) is 5.92 Å². The van der Waals surface area contributed by atoms with Gasteiger partial charge in [-0.05, 0) is 26.2 Å². The summed E-state index contributed by atoms with van der Waals surface area (Å²) in [6.45, 7) is 3.42. The van der Waals surface area contributed by atoms with Gasteiger partial charge in [0.25, 0.3) is 5.91 Å². The highest BCUT2D eigenvalue weighted by molar-refractivity contribution is 6.00. The molecule has 0 spiro atoms. The lowest BCUT2D eigenvalue weighted by atomic mass is 9.99. The van der Waals surface area contributed by atoms with Crippen LogP contribution < -0.4 is 5.32 Å². The number of aromatic nitrogens is 5. The maximum absolute atomic E-state index is 13.7. The number of carbonyl (C=O) groups excluding carboxylic acids is 2. The van der Waals surface area contributed by atoms with Gasteiger partial charge >= 0.3 is 0 Å². The maximum atomic E-state index is 13.7. The molecule has 0 unspecified atom stereocenters. The highest BCUT2D eigenvalue weighted by Crippen LogP contribution is 2.33. The van der Waals surface area contributed by atoms with Gasteiger partial charge in [-0.25, -0.2) is 4.98 Å². The minimum Gasteiger partial charge on any atom is -0.381 e. The number of hydrogen-bond donors (Lipinski definition) is 3. The van der Waals surface area contributed by atoms with Crippen LogP contribution in [-0.4, -0.2) is 67.9 Å². The number of aryl methyl sites for hydroxylation is 1. The summed E-state index contributed by atoms with van der Waals surface area (Å²) < 4.78 is 5.37. The van der Waals surface area contributed by atoms with Crippen LogP contribution in [0.15, 0.2) is 36.5 Å². The van der Waals surface area contributed by atoms with E-state index >= 15 is 0 Å². The molecule has 4 heterocycles. The smallest absolute Gasteiger partial charge is 0.258 e. The molecular weight excluding hydrogens is 422 g/mol. The Morgan fingerprint density at radius 2 is 1.94 bits per heavy atom. The summed E-state index contributed by atoms with van der Waals surface area (Å²) in [5.41, 5.74) is 2.03. The third-order valence-electron chi connectivity index (χ3n) is 6.35. The van der Waals surface area contributed by atoms with Gasteiger partial charge in [0, 0.05) is 37.3 Å². The van der Waals surface area contributed by atoms with Gasteiger partial charge in [0.05, 0.1) is 23.5 Å². The van der Waals surface area contributed by atoms with Crippen molar-refractivity contribution in [3.05, 3.63) is 53.7 Å². The van der Waals surface area contributed by atoms with Crippen molar-refractivity contribution in [3.63, 3.8) is 0 Å². The molecule has 172 valence electrons. The summed E-state index contributed by atoms with van der Waals surface area (Å²) in [6, 6.07) is 9.10. The zero-order valence-electron chi connectivity index (χ0n) is 18.5. The minimum atomic E-state index is -0.346. The van der Waals surface area contributed by atoms with Gasteiger partial charge in [-0.1, -0.05) is 30.3 Å². The van der Waals surface area contributed by atoms with Crippen molar-refractivity contribution in [3.8, 4) is 11.3 Å². The van der Waals surface area contributed by atoms with Crippen molar-refractivity contribution >= 4 is 11.8 Å². The third kappa shape index (κ3) is 4.38. The van der Waals surface area contributed by atoms with E-state index < -0.39 is 0 Å². The molecule has 2 aromatic heterocycles. The molecule has 0 bridgehead atoms. The van der Waals surface area contributed by atoms with Crippen LogP contribution in [0.1, 0.15) is 47.3 Å². The first-order valence-corrected chi connectivity index (χ1v) is 11.3. The summed E-state index contributed by atoms with van der Waals surface area (Å²) in [5, 5.41) is 17.4. The molecule has 1 aromatic carbocycles. The van der Waals surface area contributed by atoms with Gasteiger partial charge in [0.15, 0.2) is 5.82 Å². The number of benzene rings is 1. The largest absolute Gasteiger partial charge is 0.381 e. The van der Waals surface area contributed by atoms with Crippen LogP contribution in [0.25, 0.3) is 11.3 Å². The van der Waals surface area contributed by atoms with Crippen molar-refractivity contribution < 1.29 is 14.3 Å². The predicted molar refractivity (Wildman–Crippen MR) is 119 cm³/mol. The molecular formula is C23H27N7O3. The van der Waals surface area contributed by atoms with Crippen molar-refractivity contribution in [2.45, 2.75) is 38.3 Å². The maximum Gasteiger partial charge on any atom is 0.258 e. The summed E-state index contributed by atoms with van der Waals surface area (Å²) >= 11 is 0. The van der Waals surface area contributed by atoms with E-state index in [9.17, 15) is 9.59 Å². The molecule has 2 fully saturated rings. The molecule has 2 aliphatic heterocycles. The van der Waals surface area contributed by atoms with Crippen molar-refractivity contribution in [2.75, 3.05) is 19.8 Å². The molecule has 10 heteroatoms. The SMILES string of the molecule is Cc1nc([C@@H]2C[C@H](NC(=O)C3CCOCC3)CN2C(=O)c2cn[nH]c2-c2ccccc2)n[nH]1. The van der Waals surface area contributed by atoms with E-state index in [1.54, 1.807) is 11.1 Å². The number of rotatable bonds is 5. The monoisotopic (exact) mass is 449 g/mol. The molecule has 33 heavy (non-hydrogen) atoms. The molecule has 0 radical (unpaired) electrons. The number of nitrogens with one attached hydrogen (secondary N) is 3. The highest BCUT2D eigenvalue weighted by atomic mass is 16.5.